The molecule has 0 radical (unpaired) electrons. The van der Waals surface area contributed by atoms with Crippen LogP contribution in [-0.4, -0.2) is 38.1 Å². The third-order valence-electron chi connectivity index (χ3n) is 3.90. The largest absolute Gasteiger partial charge is 0.299 e. The molecule has 4 nitrogen and oxygen atoms in total. The molecule has 0 bridgehead atoms. The van der Waals surface area contributed by atoms with Crippen LogP contribution in [0.1, 0.15) is 24.2 Å². The topological polar surface area (TPSA) is 50.3 Å². The van der Waals surface area contributed by atoms with Crippen molar-refractivity contribution >= 4 is 9.84 Å². The molecule has 0 aliphatic heterocycles. The maximum absolute atomic E-state index is 11.5. The summed E-state index contributed by atoms with van der Waals surface area (Å²) in [6.45, 7) is 3.01. The van der Waals surface area contributed by atoms with E-state index in [1.54, 1.807) is 12.1 Å². The Bertz CT molecular complexity index is 697. The molecule has 0 N–H and O–H groups in total. The lowest BCUT2D eigenvalue weighted by Gasteiger charge is -2.25. The van der Waals surface area contributed by atoms with Gasteiger partial charge in [-0.1, -0.05) is 18.2 Å². The number of sulfone groups is 1. The van der Waals surface area contributed by atoms with Gasteiger partial charge in [0.2, 0.25) is 0 Å². The number of pyridine rings is 1. The Kier molecular flexibility index (Phi) is 5.32. The average molecular weight is 318 g/mol. The predicted molar refractivity (Wildman–Crippen MR) is 88.5 cm³/mol. The van der Waals surface area contributed by atoms with E-state index in [2.05, 4.69) is 23.9 Å². The van der Waals surface area contributed by atoms with Crippen LogP contribution in [0.25, 0.3) is 0 Å². The zero-order chi connectivity index (χ0) is 16.2. The van der Waals surface area contributed by atoms with Crippen LogP contribution in [0.4, 0.5) is 0 Å². The molecule has 1 aromatic heterocycles. The number of aromatic nitrogens is 1. The summed E-state index contributed by atoms with van der Waals surface area (Å²) < 4.78 is 23.0. The van der Waals surface area contributed by atoms with Crippen LogP contribution in [0.3, 0.4) is 0 Å². The molecule has 22 heavy (non-hydrogen) atoms. The van der Waals surface area contributed by atoms with Gasteiger partial charge in [0.1, 0.15) is 0 Å². The molecule has 0 saturated heterocycles. The fourth-order valence-electron chi connectivity index (χ4n) is 2.28. The van der Waals surface area contributed by atoms with Gasteiger partial charge >= 0.3 is 0 Å². The van der Waals surface area contributed by atoms with Crippen molar-refractivity contribution in [2.45, 2.75) is 24.3 Å². The fourth-order valence-corrected chi connectivity index (χ4v) is 2.91. The second-order valence-electron chi connectivity index (χ2n) is 5.57. The molecule has 0 aliphatic rings. The molecule has 118 valence electrons. The maximum Gasteiger partial charge on any atom is 0.175 e. The first-order valence-corrected chi connectivity index (χ1v) is 9.17. The highest BCUT2D eigenvalue weighted by atomic mass is 32.2. The van der Waals surface area contributed by atoms with Gasteiger partial charge in [0, 0.05) is 37.2 Å². The van der Waals surface area contributed by atoms with Crippen molar-refractivity contribution in [2.24, 2.45) is 0 Å². The second kappa shape index (κ2) is 7.03. The molecule has 2 aromatic rings. The minimum Gasteiger partial charge on any atom is -0.299 e. The number of hydrogen-bond donors (Lipinski definition) is 0. The first kappa shape index (κ1) is 16.6. The number of likely N-dealkylation sites (N-methyl/N-ethyl adjacent to an activating group) is 1. The average Bonchev–Trinajstić information content (AvgIpc) is 2.52. The van der Waals surface area contributed by atoms with E-state index in [9.17, 15) is 8.42 Å². The van der Waals surface area contributed by atoms with Crippen LogP contribution >= 0.6 is 0 Å². The van der Waals surface area contributed by atoms with Gasteiger partial charge in [-0.05, 0) is 43.8 Å². The molecule has 0 unspecified atom stereocenters. The summed E-state index contributed by atoms with van der Waals surface area (Å²) in [6.07, 6.45) is 3.93. The summed E-state index contributed by atoms with van der Waals surface area (Å²) in [5.74, 6) is 0. The van der Waals surface area contributed by atoms with E-state index in [4.69, 9.17) is 0 Å². The van der Waals surface area contributed by atoms with E-state index in [0.717, 1.165) is 24.2 Å². The minimum atomic E-state index is -3.13. The lowest BCUT2D eigenvalue weighted by molar-refractivity contribution is 0.264. The molecule has 0 amide bonds. The van der Waals surface area contributed by atoms with Crippen molar-refractivity contribution in [3.8, 4) is 0 Å². The van der Waals surface area contributed by atoms with Crippen LogP contribution < -0.4 is 0 Å². The summed E-state index contributed by atoms with van der Waals surface area (Å²) in [6, 6.07) is 13.3. The molecule has 0 saturated carbocycles. The van der Waals surface area contributed by atoms with Crippen LogP contribution in [0.2, 0.25) is 0 Å². The Labute approximate surface area is 132 Å². The fraction of sp³-hybridized carbons (Fsp3) is 0.353. The molecular weight excluding hydrogens is 296 g/mol. The summed E-state index contributed by atoms with van der Waals surface area (Å²) in [7, 11) is -1.07. The summed E-state index contributed by atoms with van der Waals surface area (Å²) in [5, 5.41) is 0. The molecular formula is C17H22N2O2S. The third-order valence-corrected chi connectivity index (χ3v) is 5.03. The van der Waals surface area contributed by atoms with Gasteiger partial charge in [0.15, 0.2) is 9.84 Å². The van der Waals surface area contributed by atoms with E-state index in [-0.39, 0.29) is 6.04 Å². The Hall–Kier alpha value is -1.72. The van der Waals surface area contributed by atoms with Gasteiger partial charge < -0.3 is 0 Å². The smallest absolute Gasteiger partial charge is 0.175 e. The standard InChI is InChI=1S/C17H22N2O2S/c1-14(15-7-9-17(10-8-15)22(3,20)21)19(2)13-11-16-6-4-5-12-18-16/h4-10,12,14H,11,13H2,1-3H3/t14-/m0/s1. The SMILES string of the molecule is C[C@@H](c1ccc(S(C)(=O)=O)cc1)N(C)CCc1ccccn1. The van der Waals surface area contributed by atoms with E-state index in [0.29, 0.717) is 4.90 Å². The van der Waals surface area contributed by atoms with Gasteiger partial charge in [-0.15, -0.1) is 0 Å². The normalized spacial score (nSPS) is 13.3. The predicted octanol–water partition coefficient (Wildman–Crippen LogP) is 2.72. The Balaban J connectivity index is 1.99. The highest BCUT2D eigenvalue weighted by molar-refractivity contribution is 7.90. The molecule has 1 atom stereocenters. The summed E-state index contributed by atoms with van der Waals surface area (Å²) >= 11 is 0. The lowest BCUT2D eigenvalue weighted by atomic mass is 10.1. The molecule has 5 heteroatoms. The Morgan fingerprint density at radius 1 is 1.14 bits per heavy atom. The van der Waals surface area contributed by atoms with Crippen LogP contribution in [-0.2, 0) is 16.3 Å². The number of benzene rings is 1. The first-order valence-electron chi connectivity index (χ1n) is 7.28. The first-order chi connectivity index (χ1) is 10.4. The monoisotopic (exact) mass is 318 g/mol. The molecule has 0 spiro atoms. The molecule has 1 heterocycles. The van der Waals surface area contributed by atoms with Gasteiger partial charge in [0.05, 0.1) is 4.90 Å². The van der Waals surface area contributed by atoms with E-state index in [1.807, 2.05) is 36.5 Å². The van der Waals surface area contributed by atoms with Crippen LogP contribution in [0.5, 0.6) is 0 Å². The van der Waals surface area contributed by atoms with Gasteiger partial charge in [-0.2, -0.15) is 0 Å². The lowest BCUT2D eigenvalue weighted by Crippen LogP contribution is -2.25. The number of hydrogen-bond acceptors (Lipinski definition) is 4. The van der Waals surface area contributed by atoms with Crippen LogP contribution in [0, 0.1) is 0 Å². The zero-order valence-corrected chi connectivity index (χ0v) is 14.0. The minimum absolute atomic E-state index is 0.220. The maximum atomic E-state index is 11.5. The van der Waals surface area contributed by atoms with Crippen molar-refractivity contribution in [3.63, 3.8) is 0 Å². The number of rotatable bonds is 6. The van der Waals surface area contributed by atoms with Gasteiger partial charge in [-0.25, -0.2) is 8.42 Å². The van der Waals surface area contributed by atoms with Crippen molar-refractivity contribution < 1.29 is 8.42 Å². The summed E-state index contributed by atoms with van der Waals surface area (Å²) in [5.41, 5.74) is 2.19. The van der Waals surface area contributed by atoms with Gasteiger partial charge in [-0.3, -0.25) is 9.88 Å². The van der Waals surface area contributed by atoms with E-state index >= 15 is 0 Å². The molecule has 2 rings (SSSR count). The van der Waals surface area contributed by atoms with Gasteiger partial charge in [0.25, 0.3) is 0 Å². The third kappa shape index (κ3) is 4.39. The Morgan fingerprint density at radius 3 is 2.36 bits per heavy atom. The summed E-state index contributed by atoms with van der Waals surface area (Å²) in [4.78, 5) is 6.93. The van der Waals surface area contributed by atoms with E-state index in [1.165, 1.54) is 6.26 Å². The van der Waals surface area contributed by atoms with Crippen molar-refractivity contribution in [2.75, 3.05) is 19.8 Å². The van der Waals surface area contributed by atoms with Crippen molar-refractivity contribution in [1.29, 1.82) is 0 Å². The highest BCUT2D eigenvalue weighted by Crippen LogP contribution is 2.20. The molecule has 0 fully saturated rings. The number of nitrogens with zero attached hydrogens (tertiary/aromatic N) is 2. The quantitative estimate of drug-likeness (QED) is 0.822. The van der Waals surface area contributed by atoms with Crippen molar-refractivity contribution in [1.82, 2.24) is 9.88 Å². The molecule has 0 aliphatic carbocycles. The van der Waals surface area contributed by atoms with E-state index < -0.39 is 9.84 Å². The second-order valence-corrected chi connectivity index (χ2v) is 7.58. The van der Waals surface area contributed by atoms with Crippen LogP contribution in [0.15, 0.2) is 53.6 Å². The Morgan fingerprint density at radius 2 is 1.82 bits per heavy atom. The molecule has 1 aromatic carbocycles. The highest BCUT2D eigenvalue weighted by Gasteiger charge is 2.13. The zero-order valence-electron chi connectivity index (χ0n) is 13.2. The van der Waals surface area contributed by atoms with Crippen molar-refractivity contribution in [3.05, 3.63) is 59.9 Å².